The quantitative estimate of drug-likeness (QED) is 0.391. The van der Waals surface area contributed by atoms with Gasteiger partial charge in [0.2, 0.25) is 0 Å². The van der Waals surface area contributed by atoms with Crippen molar-refractivity contribution in [3.8, 4) is 11.5 Å². The Kier molecular flexibility index (Phi) is 5.36. The van der Waals surface area contributed by atoms with E-state index in [9.17, 15) is 18.7 Å². The van der Waals surface area contributed by atoms with Gasteiger partial charge < -0.3 is 15.4 Å². The molecule has 0 aliphatic rings. The highest BCUT2D eigenvalue weighted by molar-refractivity contribution is 6.06. The maximum absolute atomic E-state index is 13.9. The Morgan fingerprint density at radius 2 is 1.80 bits per heavy atom. The van der Waals surface area contributed by atoms with E-state index in [0.717, 1.165) is 17.7 Å². The molecule has 9 heteroatoms. The van der Waals surface area contributed by atoms with Crippen LogP contribution < -0.4 is 5.32 Å². The van der Waals surface area contributed by atoms with Crippen LogP contribution in [-0.4, -0.2) is 31.2 Å². The molecule has 0 saturated heterocycles. The third kappa shape index (κ3) is 3.83. The molecule has 0 radical (unpaired) electrons. The van der Waals surface area contributed by atoms with Crippen molar-refractivity contribution in [1.82, 2.24) is 20.2 Å². The number of carbonyl (C=O) groups is 1. The zero-order valence-electron chi connectivity index (χ0n) is 15.6. The number of imidazole rings is 1. The number of aliphatic hydroxyl groups excluding tert-OH is 1. The lowest BCUT2D eigenvalue weighted by Crippen LogP contribution is -2.16. The van der Waals surface area contributed by atoms with E-state index in [2.05, 4.69) is 25.5 Å². The number of hydrogen-bond acceptors (Lipinski definition) is 4. The number of nitrogens with one attached hydrogen (secondary N) is 3. The predicted octanol–water partition coefficient (Wildman–Crippen LogP) is 3.41. The van der Waals surface area contributed by atoms with Crippen LogP contribution in [0.5, 0.6) is 0 Å². The summed E-state index contributed by atoms with van der Waals surface area (Å²) in [6.45, 7) is -0.283. The number of rotatable bonds is 6. The summed E-state index contributed by atoms with van der Waals surface area (Å²) in [5.74, 6) is -2.56. The van der Waals surface area contributed by atoms with Crippen molar-refractivity contribution in [2.75, 3.05) is 5.32 Å². The van der Waals surface area contributed by atoms with Gasteiger partial charge in [-0.3, -0.25) is 9.89 Å². The van der Waals surface area contributed by atoms with E-state index < -0.39 is 23.1 Å². The first-order valence-corrected chi connectivity index (χ1v) is 9.08. The fourth-order valence-corrected chi connectivity index (χ4v) is 3.10. The number of carbonyl (C=O) groups excluding carboxylic acids is 1. The van der Waals surface area contributed by atoms with Gasteiger partial charge in [0.1, 0.15) is 22.9 Å². The van der Waals surface area contributed by atoms with Crippen LogP contribution in [0.3, 0.4) is 0 Å². The monoisotopic (exact) mass is 409 g/mol. The number of aliphatic hydroxyl groups is 1. The molecule has 4 N–H and O–H groups in total. The van der Waals surface area contributed by atoms with Gasteiger partial charge in [0.15, 0.2) is 5.82 Å². The molecule has 30 heavy (non-hydrogen) atoms. The predicted molar refractivity (Wildman–Crippen MR) is 106 cm³/mol. The Labute approximate surface area is 169 Å². The SMILES string of the molecule is O=C(Nc1cn[nH]c1-c1nc(CO)c(Cc2ccccc2)[nH]1)c1c(F)cccc1F. The summed E-state index contributed by atoms with van der Waals surface area (Å²) in [6, 6.07) is 12.8. The molecule has 0 aliphatic carbocycles. The molecular weight excluding hydrogens is 392 g/mol. The number of amides is 1. The summed E-state index contributed by atoms with van der Waals surface area (Å²) in [4.78, 5) is 19.9. The number of aromatic nitrogens is 4. The lowest BCUT2D eigenvalue weighted by Gasteiger charge is -2.06. The first-order chi connectivity index (χ1) is 14.6. The zero-order valence-corrected chi connectivity index (χ0v) is 15.6. The molecule has 7 nitrogen and oxygen atoms in total. The molecule has 0 saturated carbocycles. The lowest BCUT2D eigenvalue weighted by atomic mass is 10.1. The van der Waals surface area contributed by atoms with Gasteiger partial charge in [-0.15, -0.1) is 0 Å². The average Bonchev–Trinajstić information content (AvgIpc) is 3.35. The van der Waals surface area contributed by atoms with Crippen LogP contribution in [0, 0.1) is 11.6 Å². The van der Waals surface area contributed by atoms with Crippen molar-refractivity contribution in [3.63, 3.8) is 0 Å². The van der Waals surface area contributed by atoms with Crippen molar-refractivity contribution in [2.24, 2.45) is 0 Å². The van der Waals surface area contributed by atoms with Crippen LogP contribution in [0.4, 0.5) is 14.5 Å². The molecule has 152 valence electrons. The van der Waals surface area contributed by atoms with Crippen LogP contribution in [0.15, 0.2) is 54.7 Å². The number of nitrogens with zero attached hydrogens (tertiary/aromatic N) is 2. The van der Waals surface area contributed by atoms with Crippen LogP contribution in [0.1, 0.15) is 27.3 Å². The fraction of sp³-hybridized carbons (Fsp3) is 0.0952. The molecule has 1 amide bonds. The second-order valence-electron chi connectivity index (χ2n) is 6.54. The maximum Gasteiger partial charge on any atom is 0.261 e. The van der Waals surface area contributed by atoms with E-state index in [1.807, 2.05) is 30.3 Å². The van der Waals surface area contributed by atoms with Crippen molar-refractivity contribution in [3.05, 3.63) is 88.9 Å². The molecular formula is C21H17F2N5O2. The molecule has 0 bridgehead atoms. The number of anilines is 1. The minimum absolute atomic E-state index is 0.187. The summed E-state index contributed by atoms with van der Waals surface area (Å²) in [5.41, 5.74) is 1.98. The first-order valence-electron chi connectivity index (χ1n) is 9.08. The highest BCUT2D eigenvalue weighted by Crippen LogP contribution is 2.26. The van der Waals surface area contributed by atoms with E-state index in [0.29, 0.717) is 29.3 Å². The molecule has 4 rings (SSSR count). The second kappa shape index (κ2) is 8.26. The van der Waals surface area contributed by atoms with Crippen LogP contribution in [-0.2, 0) is 13.0 Å². The molecule has 2 aromatic carbocycles. The smallest absolute Gasteiger partial charge is 0.261 e. The number of halogens is 2. The van der Waals surface area contributed by atoms with Gasteiger partial charge in [-0.2, -0.15) is 5.10 Å². The van der Waals surface area contributed by atoms with E-state index in [-0.39, 0.29) is 12.3 Å². The summed E-state index contributed by atoms with van der Waals surface area (Å²) in [7, 11) is 0. The largest absolute Gasteiger partial charge is 0.390 e. The number of hydrogen-bond donors (Lipinski definition) is 4. The summed E-state index contributed by atoms with van der Waals surface area (Å²) in [6.07, 6.45) is 1.82. The van der Waals surface area contributed by atoms with E-state index in [1.165, 1.54) is 12.3 Å². The number of benzene rings is 2. The Morgan fingerprint density at radius 3 is 2.50 bits per heavy atom. The van der Waals surface area contributed by atoms with Crippen molar-refractivity contribution in [1.29, 1.82) is 0 Å². The minimum atomic E-state index is -0.969. The highest BCUT2D eigenvalue weighted by atomic mass is 19.1. The zero-order chi connectivity index (χ0) is 21.1. The third-order valence-electron chi connectivity index (χ3n) is 4.55. The molecule has 2 aromatic heterocycles. The topological polar surface area (TPSA) is 107 Å². The van der Waals surface area contributed by atoms with Crippen LogP contribution >= 0.6 is 0 Å². The summed E-state index contributed by atoms with van der Waals surface area (Å²) < 4.78 is 27.8. The molecule has 0 atom stereocenters. The first kappa shape index (κ1) is 19.5. The Morgan fingerprint density at radius 1 is 1.07 bits per heavy atom. The molecule has 2 heterocycles. The van der Waals surface area contributed by atoms with Gasteiger partial charge in [0.25, 0.3) is 5.91 Å². The second-order valence-corrected chi connectivity index (χ2v) is 6.54. The molecule has 0 aliphatic heterocycles. The summed E-state index contributed by atoms with van der Waals surface area (Å²) >= 11 is 0. The van der Waals surface area contributed by atoms with Gasteiger partial charge >= 0.3 is 0 Å². The summed E-state index contributed by atoms with van der Waals surface area (Å²) in [5, 5.41) is 18.7. The Bertz CT molecular complexity index is 1170. The highest BCUT2D eigenvalue weighted by Gasteiger charge is 2.21. The number of H-pyrrole nitrogens is 2. The minimum Gasteiger partial charge on any atom is -0.390 e. The van der Waals surface area contributed by atoms with Gasteiger partial charge in [-0.05, 0) is 17.7 Å². The normalized spacial score (nSPS) is 10.9. The average molecular weight is 409 g/mol. The van der Waals surface area contributed by atoms with Gasteiger partial charge in [0, 0.05) is 12.1 Å². The Hall–Kier alpha value is -3.85. The lowest BCUT2D eigenvalue weighted by molar-refractivity contribution is 0.101. The van der Waals surface area contributed by atoms with Crippen molar-refractivity contribution in [2.45, 2.75) is 13.0 Å². The van der Waals surface area contributed by atoms with Gasteiger partial charge in [0.05, 0.1) is 24.2 Å². The molecule has 4 aromatic rings. The third-order valence-corrected chi connectivity index (χ3v) is 4.55. The fourth-order valence-electron chi connectivity index (χ4n) is 3.10. The van der Waals surface area contributed by atoms with Gasteiger partial charge in [-0.25, -0.2) is 13.8 Å². The molecule has 0 fully saturated rings. The standard InChI is InChI=1S/C21H17F2N5O2/c22-13-7-4-8-14(23)18(13)21(30)27-16-10-24-28-19(16)20-25-15(17(11-29)26-20)9-12-5-2-1-3-6-12/h1-8,10,29H,9,11H2,(H,24,28)(H,25,26)(H,27,30). The molecule has 0 spiro atoms. The Balaban J connectivity index is 1.62. The van der Waals surface area contributed by atoms with E-state index >= 15 is 0 Å². The molecule has 0 unspecified atom stereocenters. The van der Waals surface area contributed by atoms with E-state index in [4.69, 9.17) is 0 Å². The van der Waals surface area contributed by atoms with Crippen LogP contribution in [0.2, 0.25) is 0 Å². The van der Waals surface area contributed by atoms with Crippen LogP contribution in [0.25, 0.3) is 11.5 Å². The van der Waals surface area contributed by atoms with Crippen molar-refractivity contribution >= 4 is 11.6 Å². The number of aromatic amines is 2. The van der Waals surface area contributed by atoms with E-state index in [1.54, 1.807) is 0 Å². The van der Waals surface area contributed by atoms with Gasteiger partial charge in [-0.1, -0.05) is 36.4 Å². The maximum atomic E-state index is 13.9. The van der Waals surface area contributed by atoms with Crippen molar-refractivity contribution < 1.29 is 18.7 Å².